The van der Waals surface area contributed by atoms with Gasteiger partial charge < -0.3 is 55.6 Å². The van der Waals surface area contributed by atoms with E-state index in [1.54, 1.807) is 135 Å². The van der Waals surface area contributed by atoms with E-state index in [1.165, 1.54) is 52.8 Å². The van der Waals surface area contributed by atoms with E-state index in [2.05, 4.69) is 66.0 Å². The van der Waals surface area contributed by atoms with Crippen molar-refractivity contribution >= 4 is 113 Å². The lowest BCUT2D eigenvalue weighted by molar-refractivity contribution is 0.0336. The van der Waals surface area contributed by atoms with Crippen LogP contribution in [0, 0.1) is 23.7 Å². The molecule has 17 heterocycles. The number of thiazole rings is 4. The van der Waals surface area contributed by atoms with Crippen molar-refractivity contribution in [2.45, 2.75) is 105 Å². The number of furan rings is 4. The second kappa shape index (κ2) is 45.7. The number of morpholine rings is 1. The molecular formula is C90H95N13O20S4. The summed E-state index contributed by atoms with van der Waals surface area (Å²) in [6.07, 6.45) is 18.0. The van der Waals surface area contributed by atoms with Crippen molar-refractivity contribution in [3.63, 3.8) is 0 Å². The van der Waals surface area contributed by atoms with Crippen molar-refractivity contribution in [2.24, 2.45) is 23.7 Å². The normalized spacial score (nSPS) is 15.3. The predicted molar refractivity (Wildman–Crippen MR) is 472 cm³/mol. The molecule has 12 aromatic rings. The van der Waals surface area contributed by atoms with Gasteiger partial charge in [-0.25, -0.2) is 19.9 Å². The van der Waals surface area contributed by atoms with E-state index in [4.69, 9.17) is 55.6 Å². The van der Waals surface area contributed by atoms with Crippen LogP contribution in [0.25, 0.3) is 45.8 Å². The van der Waals surface area contributed by atoms with Crippen LogP contribution in [0.5, 0.6) is 0 Å². The number of carbonyl (C=O) groups is 8. The van der Waals surface area contributed by atoms with E-state index in [1.807, 2.05) is 20.8 Å². The van der Waals surface area contributed by atoms with Gasteiger partial charge >= 0.3 is 0 Å². The van der Waals surface area contributed by atoms with Crippen molar-refractivity contribution in [1.82, 2.24) is 44.8 Å². The van der Waals surface area contributed by atoms with Crippen LogP contribution in [-0.4, -0.2) is 191 Å². The summed E-state index contributed by atoms with van der Waals surface area (Å²) in [5.41, 5.74) is 6.42. The van der Waals surface area contributed by atoms with Crippen LogP contribution < -0.4 is 21.3 Å². The monoisotopic (exact) mass is 1810 g/mol. The third-order valence-corrected chi connectivity index (χ3v) is 24.7. The number of anilines is 4. The van der Waals surface area contributed by atoms with Gasteiger partial charge in [-0.1, -0.05) is 45.3 Å². The Morgan fingerprint density at radius 2 is 0.677 bits per heavy atom. The van der Waals surface area contributed by atoms with E-state index in [0.29, 0.717) is 276 Å². The molecule has 0 unspecified atom stereocenters. The zero-order valence-corrected chi connectivity index (χ0v) is 73.5. The van der Waals surface area contributed by atoms with Gasteiger partial charge in [-0.15, -0.1) is 0 Å². The molecule has 0 aliphatic carbocycles. The van der Waals surface area contributed by atoms with Gasteiger partial charge in [0.15, 0.2) is 66.7 Å². The Morgan fingerprint density at radius 1 is 0.394 bits per heavy atom. The summed E-state index contributed by atoms with van der Waals surface area (Å²) in [5, 5.41) is 12.6. The predicted octanol–water partition coefficient (Wildman–Crippen LogP) is 16.1. The van der Waals surface area contributed by atoms with Crippen molar-refractivity contribution in [2.75, 3.05) is 114 Å². The topological polar surface area (TPSA) is 417 Å². The van der Waals surface area contributed by atoms with Crippen molar-refractivity contribution < 1.29 is 93.9 Å². The van der Waals surface area contributed by atoms with Crippen LogP contribution in [0.4, 0.5) is 20.5 Å². The minimum atomic E-state index is -0.334. The van der Waals surface area contributed by atoms with E-state index in [9.17, 15) is 38.4 Å². The SMILES string of the molecule is CC(C)OCc1cc(C(=O)Nc2nc(-c3ccco3)c(C(=O)C3CCOCC3)s2)ccn1.CCOCc1cc(C(=O)Nc2nc(-c3ccco3)c(C(=O)C3CCOCC3)s2)ccn1.COCc1cc(C(=O)Nc2nc(-c3ccco3)c(C(=O)C3CCOCC3)s2)ccn1.O=C(Nc1nc(-c2ccco2)c(C(=O)C2CCOCC2)s1)c1ccnc(CN2CCOCC2)c1. The summed E-state index contributed by atoms with van der Waals surface area (Å²) in [7, 11) is 1.57. The Labute approximate surface area is 746 Å². The highest BCUT2D eigenvalue weighted by molar-refractivity contribution is 7.19. The average Bonchev–Trinajstić information content (AvgIpc) is 1.67. The first-order valence-corrected chi connectivity index (χ1v) is 45.0. The van der Waals surface area contributed by atoms with Crippen molar-refractivity contribution in [1.29, 1.82) is 0 Å². The first kappa shape index (κ1) is 91.6. The van der Waals surface area contributed by atoms with Crippen LogP contribution >= 0.6 is 45.3 Å². The Hall–Kier alpha value is -11.6. The molecule has 0 spiro atoms. The Balaban J connectivity index is 0.000000137. The number of nitrogens with one attached hydrogen (secondary N) is 4. The maximum absolute atomic E-state index is 13.3. The van der Waals surface area contributed by atoms with Crippen LogP contribution in [-0.2, 0) is 64.3 Å². The first-order chi connectivity index (χ1) is 62.0. The molecular weight excluding hydrogens is 1710 g/mol. The van der Waals surface area contributed by atoms with Crippen LogP contribution in [0.15, 0.2) is 165 Å². The Bertz CT molecular complexity index is 5640. The Kier molecular flexibility index (Phi) is 33.0. The molecule has 127 heavy (non-hydrogen) atoms. The minimum Gasteiger partial charge on any atom is -0.463 e. The van der Waals surface area contributed by atoms with Gasteiger partial charge in [0.1, 0.15) is 42.3 Å². The molecule has 5 fully saturated rings. The summed E-state index contributed by atoms with van der Waals surface area (Å²) in [6.45, 7) is 15.6. The Morgan fingerprint density at radius 3 is 0.961 bits per heavy atom. The molecule has 664 valence electrons. The van der Waals surface area contributed by atoms with Gasteiger partial charge in [0.2, 0.25) is 0 Å². The molecule has 17 rings (SSSR count). The second-order valence-corrected chi connectivity index (χ2v) is 34.0. The summed E-state index contributed by atoms with van der Waals surface area (Å²) in [4.78, 5) is 143. The fraction of sp³-hybridized carbons (Fsp3) is 0.378. The molecule has 5 aliphatic heterocycles. The molecule has 37 heteroatoms. The molecule has 0 saturated carbocycles. The van der Waals surface area contributed by atoms with E-state index < -0.39 is 0 Å². The average molecular weight is 1810 g/mol. The molecule has 0 bridgehead atoms. The molecule has 0 aromatic carbocycles. The lowest BCUT2D eigenvalue weighted by Crippen LogP contribution is -2.35. The second-order valence-electron chi connectivity index (χ2n) is 30.0. The van der Waals surface area contributed by atoms with Gasteiger partial charge in [0, 0.05) is 157 Å². The van der Waals surface area contributed by atoms with E-state index in [0.717, 1.165) is 30.1 Å². The zero-order chi connectivity index (χ0) is 88.4. The zero-order valence-electron chi connectivity index (χ0n) is 70.2. The quantitative estimate of drug-likeness (QED) is 0.0304. The number of aromatic nitrogens is 8. The fourth-order valence-electron chi connectivity index (χ4n) is 14.1. The van der Waals surface area contributed by atoms with Gasteiger partial charge in [0.05, 0.1) is 87.0 Å². The number of rotatable bonds is 30. The fourth-order valence-corrected chi connectivity index (χ4v) is 18.1. The molecule has 0 radical (unpaired) electrons. The number of amides is 4. The highest BCUT2D eigenvalue weighted by Gasteiger charge is 2.35. The molecule has 4 N–H and O–H groups in total. The van der Waals surface area contributed by atoms with Crippen LogP contribution in [0.3, 0.4) is 0 Å². The van der Waals surface area contributed by atoms with Gasteiger partial charge in [-0.2, -0.15) is 0 Å². The number of Topliss-reactive ketones (excluding diaryl/α,β-unsaturated/α-hetero) is 4. The van der Waals surface area contributed by atoms with Gasteiger partial charge in [-0.3, -0.25) is 84.5 Å². The summed E-state index contributed by atoms with van der Waals surface area (Å²) >= 11 is 4.68. The number of ketones is 4. The van der Waals surface area contributed by atoms with E-state index in [-0.39, 0.29) is 76.5 Å². The number of carbonyl (C=O) groups excluding carboxylic acids is 8. The molecule has 33 nitrogen and oxygen atoms in total. The lowest BCUT2D eigenvalue weighted by Gasteiger charge is -2.26. The van der Waals surface area contributed by atoms with E-state index >= 15 is 0 Å². The molecule has 0 atom stereocenters. The van der Waals surface area contributed by atoms with Crippen LogP contribution in [0.2, 0.25) is 0 Å². The molecule has 5 aliphatic rings. The smallest absolute Gasteiger partial charge is 0.257 e. The molecule has 12 aromatic heterocycles. The maximum Gasteiger partial charge on any atom is 0.257 e. The minimum absolute atomic E-state index is 0.00832. The molecule has 5 saturated heterocycles. The summed E-state index contributed by atoms with van der Waals surface area (Å²) in [6, 6.07) is 27.4. The highest BCUT2D eigenvalue weighted by atomic mass is 32.1. The van der Waals surface area contributed by atoms with Crippen molar-refractivity contribution in [3.05, 3.63) is 211 Å². The number of nitrogens with zero attached hydrogens (tertiary/aromatic N) is 9. The lowest BCUT2D eigenvalue weighted by atomic mass is 9.94. The standard InChI is InChI=1S/C24H26N4O5S.C23H25N3O5S.C22H23N3O5S.C21H21N3O5S/c29-21(16-4-10-31-11-5-16)22-20(19-2-1-9-33-19)26-24(34-22)27-23(30)17-3-6-25-18(14-17)15-28-7-12-32-13-8-28;1-14(2)31-13-17-12-16(5-8-24-17)22(28)26-23-25-19(18-4-3-9-30-18)21(32-23)20(27)15-6-10-29-11-7-15;1-2-28-13-16-12-15(5-8-23-16)21(27)25-22-24-18(17-4-3-9-30-17)20(31-22)19(26)14-6-10-29-11-7-14;1-27-12-15-11-14(4-7-22-15)20(26)24-21-23-17(16-3-2-8-29-16)19(30-21)18(25)13-5-9-28-10-6-13/h1-3,6,9,14,16H,4-5,7-8,10-13,15H2,(H,26,27,30);3-5,8-9,12,14-15H,6-7,10-11,13H2,1-2H3,(H,25,26,28);3-5,8-9,12,14H,2,6-7,10-11,13H2,1H3,(H,24,25,27);2-4,7-8,11,13H,5-6,9-10,12H2,1H3,(H,23,24,26). The first-order valence-electron chi connectivity index (χ1n) is 41.7. The summed E-state index contributed by atoms with van der Waals surface area (Å²) < 4.78 is 64.9. The number of hydrogen-bond donors (Lipinski definition) is 4. The van der Waals surface area contributed by atoms with Crippen molar-refractivity contribution in [3.8, 4) is 45.8 Å². The summed E-state index contributed by atoms with van der Waals surface area (Å²) in [5.74, 6) is 0.272. The third-order valence-electron chi connectivity index (χ3n) is 20.8. The highest BCUT2D eigenvalue weighted by Crippen LogP contribution is 2.41. The largest absolute Gasteiger partial charge is 0.463 e. The van der Waals surface area contributed by atoms with Crippen LogP contribution in [0.1, 0.15) is 175 Å². The maximum atomic E-state index is 13.3. The third kappa shape index (κ3) is 25.0. The molecule has 4 amide bonds. The number of hydrogen-bond acceptors (Lipinski definition) is 33. The van der Waals surface area contributed by atoms with Gasteiger partial charge in [0.25, 0.3) is 23.6 Å². The number of ether oxygens (including phenoxy) is 8. The number of pyridine rings is 4. The number of methoxy groups -OCH3 is 1. The van der Waals surface area contributed by atoms with Gasteiger partial charge in [-0.05, 0) is 169 Å².